The van der Waals surface area contributed by atoms with Crippen LogP contribution >= 0.6 is 0 Å². The Balaban J connectivity index is 2.13. The fourth-order valence-electron chi connectivity index (χ4n) is 1.58. The quantitative estimate of drug-likeness (QED) is 0.912. The van der Waals surface area contributed by atoms with Crippen LogP contribution in [0.25, 0.3) is 5.69 Å². The fourth-order valence-corrected chi connectivity index (χ4v) is 1.58. The first-order valence-electron chi connectivity index (χ1n) is 5.91. The molecule has 0 bridgehead atoms. The predicted molar refractivity (Wildman–Crippen MR) is 65.5 cm³/mol. The Morgan fingerprint density at radius 1 is 1.25 bits per heavy atom. The Hall–Kier alpha value is -2.09. The minimum Gasteiger partial charge on any atom is -0.449 e. The summed E-state index contributed by atoms with van der Waals surface area (Å²) >= 11 is 0. The van der Waals surface area contributed by atoms with Crippen molar-refractivity contribution in [2.45, 2.75) is 18.7 Å². The summed E-state index contributed by atoms with van der Waals surface area (Å²) in [5.41, 5.74) is 5.83. The SMILES string of the molecule is NCCC(Oc1ncn(-c2ccccc2)n1)C(F)(F)F. The molecular weight excluding hydrogens is 273 g/mol. The second kappa shape index (κ2) is 5.91. The summed E-state index contributed by atoms with van der Waals surface area (Å²) in [6, 6.07) is 8.55. The minimum absolute atomic E-state index is 0.135. The molecule has 2 aromatic rings. The molecule has 8 heteroatoms. The Bertz CT molecular complexity index is 541. The third kappa shape index (κ3) is 3.47. The third-order valence-electron chi connectivity index (χ3n) is 2.53. The zero-order valence-corrected chi connectivity index (χ0v) is 10.4. The van der Waals surface area contributed by atoms with E-state index in [9.17, 15) is 13.2 Å². The van der Waals surface area contributed by atoms with E-state index in [2.05, 4.69) is 10.1 Å². The van der Waals surface area contributed by atoms with Crippen LogP contribution in [0.2, 0.25) is 0 Å². The van der Waals surface area contributed by atoms with Crippen LogP contribution in [0.5, 0.6) is 6.01 Å². The Labute approximate surface area is 113 Å². The molecule has 5 nitrogen and oxygen atoms in total. The van der Waals surface area contributed by atoms with Crippen molar-refractivity contribution in [3.8, 4) is 11.7 Å². The first-order valence-corrected chi connectivity index (χ1v) is 5.91. The molecule has 1 aromatic heterocycles. The van der Waals surface area contributed by atoms with E-state index in [1.54, 1.807) is 24.3 Å². The van der Waals surface area contributed by atoms with E-state index in [1.165, 1.54) is 11.0 Å². The number of rotatable bonds is 5. The van der Waals surface area contributed by atoms with Crippen molar-refractivity contribution in [1.29, 1.82) is 0 Å². The highest BCUT2D eigenvalue weighted by molar-refractivity contribution is 5.29. The second-order valence-corrected chi connectivity index (χ2v) is 4.03. The molecule has 2 N–H and O–H groups in total. The van der Waals surface area contributed by atoms with Crippen molar-refractivity contribution < 1.29 is 17.9 Å². The van der Waals surface area contributed by atoms with E-state index in [-0.39, 0.29) is 19.0 Å². The Morgan fingerprint density at radius 2 is 1.95 bits per heavy atom. The maximum Gasteiger partial charge on any atom is 0.425 e. The highest BCUT2D eigenvalue weighted by atomic mass is 19.4. The molecule has 0 saturated heterocycles. The van der Waals surface area contributed by atoms with Crippen LogP contribution < -0.4 is 10.5 Å². The van der Waals surface area contributed by atoms with Crippen molar-refractivity contribution in [2.75, 3.05) is 6.54 Å². The molecule has 0 saturated carbocycles. The van der Waals surface area contributed by atoms with Crippen molar-refractivity contribution in [3.63, 3.8) is 0 Å². The molecule has 0 radical (unpaired) electrons. The van der Waals surface area contributed by atoms with E-state index in [0.717, 1.165) is 0 Å². The number of alkyl halides is 3. The smallest absolute Gasteiger partial charge is 0.425 e. The van der Waals surface area contributed by atoms with E-state index in [4.69, 9.17) is 10.5 Å². The van der Waals surface area contributed by atoms with E-state index in [0.29, 0.717) is 5.69 Å². The fraction of sp³-hybridized carbons (Fsp3) is 0.333. The number of ether oxygens (including phenoxy) is 1. The average Bonchev–Trinajstić information content (AvgIpc) is 2.87. The summed E-state index contributed by atoms with van der Waals surface area (Å²) in [4.78, 5) is 3.72. The molecule has 0 spiro atoms. The first kappa shape index (κ1) is 14.3. The van der Waals surface area contributed by atoms with Crippen LogP contribution in [0, 0.1) is 0 Å². The molecule has 108 valence electrons. The van der Waals surface area contributed by atoms with Crippen molar-refractivity contribution >= 4 is 0 Å². The number of halogens is 3. The van der Waals surface area contributed by atoms with Gasteiger partial charge in [0.15, 0.2) is 6.10 Å². The topological polar surface area (TPSA) is 66.0 Å². The van der Waals surface area contributed by atoms with Crippen LogP contribution in [-0.4, -0.2) is 33.6 Å². The standard InChI is InChI=1S/C12H13F3N4O/c13-12(14,15)10(6-7-16)20-11-17-8-19(18-11)9-4-2-1-3-5-9/h1-5,8,10H,6-7,16H2. The van der Waals surface area contributed by atoms with Gasteiger partial charge in [0, 0.05) is 6.42 Å². The van der Waals surface area contributed by atoms with Crippen molar-refractivity contribution in [1.82, 2.24) is 14.8 Å². The van der Waals surface area contributed by atoms with Gasteiger partial charge < -0.3 is 10.5 Å². The van der Waals surface area contributed by atoms with E-state index >= 15 is 0 Å². The van der Waals surface area contributed by atoms with Gasteiger partial charge >= 0.3 is 12.2 Å². The van der Waals surface area contributed by atoms with E-state index in [1.807, 2.05) is 6.07 Å². The van der Waals surface area contributed by atoms with Crippen LogP contribution in [0.3, 0.4) is 0 Å². The number of hydrogen-bond donors (Lipinski definition) is 1. The lowest BCUT2D eigenvalue weighted by Gasteiger charge is -2.18. The highest BCUT2D eigenvalue weighted by Gasteiger charge is 2.41. The number of nitrogens with zero attached hydrogens (tertiary/aromatic N) is 3. The van der Waals surface area contributed by atoms with Gasteiger partial charge in [0.05, 0.1) is 5.69 Å². The summed E-state index contributed by atoms with van der Waals surface area (Å²) in [5, 5.41) is 3.86. The first-order chi connectivity index (χ1) is 9.50. The summed E-state index contributed by atoms with van der Waals surface area (Å²) in [5.74, 6) is 0. The maximum absolute atomic E-state index is 12.7. The lowest BCUT2D eigenvalue weighted by molar-refractivity contribution is -0.197. The third-order valence-corrected chi connectivity index (χ3v) is 2.53. The van der Waals surface area contributed by atoms with Gasteiger partial charge in [-0.25, -0.2) is 4.68 Å². The molecule has 1 aromatic carbocycles. The summed E-state index contributed by atoms with van der Waals surface area (Å²) in [6.45, 7) is -0.135. The summed E-state index contributed by atoms with van der Waals surface area (Å²) in [6.07, 6.45) is -5.55. The van der Waals surface area contributed by atoms with Gasteiger partial charge in [0.1, 0.15) is 6.33 Å². The van der Waals surface area contributed by atoms with Gasteiger partial charge in [0.25, 0.3) is 0 Å². The van der Waals surface area contributed by atoms with Crippen molar-refractivity contribution in [3.05, 3.63) is 36.7 Å². The number of hydrogen-bond acceptors (Lipinski definition) is 4. The van der Waals surface area contributed by atoms with Gasteiger partial charge in [-0.15, -0.1) is 5.10 Å². The predicted octanol–water partition coefficient (Wildman–Crippen LogP) is 1.93. The monoisotopic (exact) mass is 286 g/mol. The zero-order chi connectivity index (χ0) is 14.6. The van der Waals surface area contributed by atoms with Crippen molar-refractivity contribution in [2.24, 2.45) is 5.73 Å². The minimum atomic E-state index is -4.50. The molecule has 2 rings (SSSR count). The summed E-state index contributed by atoms with van der Waals surface area (Å²) in [7, 11) is 0. The molecule has 1 unspecified atom stereocenters. The maximum atomic E-state index is 12.7. The molecule has 0 aliphatic carbocycles. The lowest BCUT2D eigenvalue weighted by Crippen LogP contribution is -2.36. The molecule has 0 aliphatic rings. The molecule has 1 heterocycles. The molecule has 0 aliphatic heterocycles. The largest absolute Gasteiger partial charge is 0.449 e. The van der Waals surface area contributed by atoms with Gasteiger partial charge in [0.2, 0.25) is 0 Å². The van der Waals surface area contributed by atoms with Crippen LogP contribution in [0.15, 0.2) is 36.7 Å². The zero-order valence-electron chi connectivity index (χ0n) is 10.4. The van der Waals surface area contributed by atoms with E-state index < -0.39 is 12.3 Å². The number of nitrogens with two attached hydrogens (primary N) is 1. The molecule has 1 atom stereocenters. The molecule has 0 amide bonds. The number of aromatic nitrogens is 3. The van der Waals surface area contributed by atoms with Crippen LogP contribution in [0.4, 0.5) is 13.2 Å². The number of para-hydroxylation sites is 1. The van der Waals surface area contributed by atoms with Crippen LogP contribution in [0.1, 0.15) is 6.42 Å². The van der Waals surface area contributed by atoms with Crippen LogP contribution in [-0.2, 0) is 0 Å². The molecular formula is C12H13F3N4O. The molecule has 0 fully saturated rings. The Kier molecular flexibility index (Phi) is 4.23. The summed E-state index contributed by atoms with van der Waals surface area (Å²) < 4.78 is 44.2. The number of benzene rings is 1. The average molecular weight is 286 g/mol. The van der Waals surface area contributed by atoms with Gasteiger partial charge in [-0.2, -0.15) is 18.2 Å². The second-order valence-electron chi connectivity index (χ2n) is 4.03. The molecule has 20 heavy (non-hydrogen) atoms. The van der Waals surface area contributed by atoms with Gasteiger partial charge in [-0.1, -0.05) is 18.2 Å². The van der Waals surface area contributed by atoms with Gasteiger partial charge in [-0.3, -0.25) is 0 Å². The Morgan fingerprint density at radius 3 is 2.55 bits per heavy atom. The lowest BCUT2D eigenvalue weighted by atomic mass is 10.2. The highest BCUT2D eigenvalue weighted by Crippen LogP contribution is 2.25. The van der Waals surface area contributed by atoms with Gasteiger partial charge in [-0.05, 0) is 18.7 Å². The normalized spacial score (nSPS) is 13.2.